The van der Waals surface area contributed by atoms with Gasteiger partial charge in [0, 0.05) is 31.4 Å². The van der Waals surface area contributed by atoms with Crippen molar-refractivity contribution in [1.29, 1.82) is 0 Å². The predicted molar refractivity (Wildman–Crippen MR) is 133 cm³/mol. The number of benzene rings is 2. The smallest absolute Gasteiger partial charge is 0.253 e. The minimum absolute atomic E-state index is 0.0939. The number of nitrogens with zero attached hydrogens (tertiary/aromatic N) is 3. The second kappa shape index (κ2) is 10.0. The van der Waals surface area contributed by atoms with Gasteiger partial charge in [0.15, 0.2) is 5.17 Å². The zero-order valence-corrected chi connectivity index (χ0v) is 20.6. The molecule has 2 aromatic rings. The third-order valence-corrected chi connectivity index (χ3v) is 6.81. The van der Waals surface area contributed by atoms with Gasteiger partial charge in [-0.2, -0.15) is 0 Å². The molecule has 2 aliphatic heterocycles. The maximum Gasteiger partial charge on any atom is 0.253 e. The van der Waals surface area contributed by atoms with Crippen LogP contribution in [-0.2, 0) is 16.1 Å². The quantitative estimate of drug-likeness (QED) is 0.618. The lowest BCUT2D eigenvalue weighted by Gasteiger charge is -2.37. The monoisotopic (exact) mass is 498 g/mol. The first kappa shape index (κ1) is 24.0. The van der Waals surface area contributed by atoms with Gasteiger partial charge in [-0.3, -0.25) is 9.59 Å². The Kier molecular flexibility index (Phi) is 7.09. The lowest BCUT2D eigenvalue weighted by Crippen LogP contribution is -2.40. The number of nitrogens with one attached hydrogen (secondary N) is 1. The summed E-state index contributed by atoms with van der Waals surface area (Å²) in [6.07, 6.45) is 0.0939. The van der Waals surface area contributed by atoms with Crippen molar-refractivity contribution in [3.05, 3.63) is 92.9 Å². The maximum absolute atomic E-state index is 13.2. The number of rotatable bonds is 6. The van der Waals surface area contributed by atoms with Crippen molar-refractivity contribution in [2.24, 2.45) is 4.99 Å². The average molecular weight is 499 g/mol. The number of allylic oxidation sites excluding steroid dienone is 1. The fraction of sp³-hybridized carbons (Fsp3) is 0.240. The fourth-order valence-corrected chi connectivity index (χ4v) is 5.11. The van der Waals surface area contributed by atoms with Crippen LogP contribution in [-0.4, -0.2) is 40.9 Å². The van der Waals surface area contributed by atoms with Gasteiger partial charge in [0.2, 0.25) is 5.91 Å². The summed E-state index contributed by atoms with van der Waals surface area (Å²) in [6, 6.07) is 12.9. The minimum atomic E-state index is -0.512. The van der Waals surface area contributed by atoms with E-state index in [9.17, 15) is 14.0 Å². The number of hydrogen-bond acceptors (Lipinski definition) is 5. The van der Waals surface area contributed by atoms with Crippen LogP contribution in [0.25, 0.3) is 0 Å². The summed E-state index contributed by atoms with van der Waals surface area (Å²) in [5, 5.41) is 5.99. The average Bonchev–Trinajstić information content (AvgIpc) is 3.19. The molecule has 2 aliphatic rings. The van der Waals surface area contributed by atoms with Gasteiger partial charge in [-0.15, -0.1) is 0 Å². The third kappa shape index (κ3) is 4.88. The summed E-state index contributed by atoms with van der Waals surface area (Å²) in [5.74, 6) is -0.679. The van der Waals surface area contributed by atoms with E-state index >= 15 is 0 Å². The Bertz CT molecular complexity index is 1220. The van der Waals surface area contributed by atoms with Crippen LogP contribution in [0.15, 0.2) is 75.9 Å². The number of amides is 2. The Hall–Kier alpha value is -3.10. The Morgan fingerprint density at radius 1 is 1.18 bits per heavy atom. The number of aliphatic imine (C=N–C) groups is 1. The van der Waals surface area contributed by atoms with Crippen LogP contribution < -0.4 is 5.32 Å². The van der Waals surface area contributed by atoms with Gasteiger partial charge in [-0.05, 0) is 41.7 Å². The SMILES string of the molecule is CC1=C(C(=O)N(C)C)C(c2ccccc2Cl)N2C(CC(=O)NCc3ccc(F)cc3)=CSC2=N1. The number of thioether (sulfide) groups is 1. The summed E-state index contributed by atoms with van der Waals surface area (Å²) >= 11 is 7.99. The van der Waals surface area contributed by atoms with E-state index in [-0.39, 0.29) is 30.6 Å². The molecule has 0 aliphatic carbocycles. The van der Waals surface area contributed by atoms with E-state index < -0.39 is 6.04 Å². The summed E-state index contributed by atoms with van der Waals surface area (Å²) in [6.45, 7) is 2.11. The first-order valence-corrected chi connectivity index (χ1v) is 11.9. The molecule has 176 valence electrons. The topological polar surface area (TPSA) is 65.0 Å². The molecule has 1 atom stereocenters. The van der Waals surface area contributed by atoms with Gasteiger partial charge in [0.1, 0.15) is 5.82 Å². The number of halogens is 2. The molecule has 1 N–H and O–H groups in total. The molecule has 0 radical (unpaired) electrons. The Morgan fingerprint density at radius 2 is 1.88 bits per heavy atom. The van der Waals surface area contributed by atoms with E-state index in [1.165, 1.54) is 28.8 Å². The van der Waals surface area contributed by atoms with E-state index in [4.69, 9.17) is 11.6 Å². The standard InChI is InChI=1S/C25H24ClFN4O2S/c1-15-22(24(33)30(2)3)23(19-6-4-5-7-20(19)26)31-18(14-34-25(31)29-15)12-21(32)28-13-16-8-10-17(27)11-9-16/h4-11,14,23H,12-13H2,1-3H3,(H,28,32). The molecule has 9 heteroatoms. The second-order valence-corrected chi connectivity index (χ2v) is 9.44. The molecule has 34 heavy (non-hydrogen) atoms. The highest BCUT2D eigenvalue weighted by Gasteiger charge is 2.41. The van der Waals surface area contributed by atoms with E-state index in [0.29, 0.717) is 21.5 Å². The highest BCUT2D eigenvalue weighted by atomic mass is 35.5. The first-order valence-electron chi connectivity index (χ1n) is 10.7. The van der Waals surface area contributed by atoms with Gasteiger partial charge in [-0.1, -0.05) is 53.7 Å². The summed E-state index contributed by atoms with van der Waals surface area (Å²) < 4.78 is 13.1. The van der Waals surface area contributed by atoms with Crippen LogP contribution in [0.2, 0.25) is 5.02 Å². The number of carbonyl (C=O) groups excluding carboxylic acids is 2. The molecule has 0 spiro atoms. The maximum atomic E-state index is 13.2. The minimum Gasteiger partial charge on any atom is -0.352 e. The number of likely N-dealkylation sites (N-methyl/N-ethyl adjacent to an activating group) is 1. The summed E-state index contributed by atoms with van der Waals surface area (Å²) in [7, 11) is 3.40. The third-order valence-electron chi connectivity index (χ3n) is 5.58. The number of carbonyl (C=O) groups is 2. The molecule has 0 fully saturated rings. The Morgan fingerprint density at radius 3 is 2.56 bits per heavy atom. The van der Waals surface area contributed by atoms with Gasteiger partial charge < -0.3 is 15.1 Å². The van der Waals surface area contributed by atoms with Crippen LogP contribution in [0.3, 0.4) is 0 Å². The van der Waals surface area contributed by atoms with Crippen molar-refractivity contribution in [3.63, 3.8) is 0 Å². The Labute approximate surface area is 207 Å². The Balaban J connectivity index is 1.61. The lowest BCUT2D eigenvalue weighted by atomic mass is 9.93. The van der Waals surface area contributed by atoms with Gasteiger partial charge in [0.05, 0.1) is 23.7 Å². The number of hydrogen-bond donors (Lipinski definition) is 1. The fourth-order valence-electron chi connectivity index (χ4n) is 3.91. The number of amidine groups is 1. The van der Waals surface area contributed by atoms with E-state index in [1.54, 1.807) is 32.3 Å². The molecular weight excluding hydrogens is 475 g/mol. The van der Waals surface area contributed by atoms with Crippen LogP contribution in [0, 0.1) is 5.82 Å². The lowest BCUT2D eigenvalue weighted by molar-refractivity contribution is -0.125. The van der Waals surface area contributed by atoms with Crippen molar-refractivity contribution in [3.8, 4) is 0 Å². The van der Waals surface area contributed by atoms with Crippen LogP contribution in [0.5, 0.6) is 0 Å². The van der Waals surface area contributed by atoms with Gasteiger partial charge in [0.25, 0.3) is 5.91 Å². The van der Waals surface area contributed by atoms with Crippen LogP contribution in [0.4, 0.5) is 4.39 Å². The molecule has 2 amide bonds. The summed E-state index contributed by atoms with van der Waals surface area (Å²) in [5.41, 5.74) is 3.43. The normalized spacial score (nSPS) is 17.2. The molecule has 6 nitrogen and oxygen atoms in total. The molecule has 2 aromatic carbocycles. The zero-order valence-electron chi connectivity index (χ0n) is 19.0. The van der Waals surface area contributed by atoms with Gasteiger partial charge in [-0.25, -0.2) is 9.38 Å². The van der Waals surface area contributed by atoms with E-state index in [2.05, 4.69) is 10.3 Å². The largest absolute Gasteiger partial charge is 0.352 e. The molecular formula is C25H24ClFN4O2S. The molecule has 4 rings (SSSR count). The zero-order chi connectivity index (χ0) is 24.4. The van der Waals surface area contributed by atoms with Crippen molar-refractivity contribution in [2.45, 2.75) is 25.9 Å². The molecule has 1 unspecified atom stereocenters. The molecule has 0 saturated heterocycles. The van der Waals surface area contributed by atoms with Crippen molar-refractivity contribution in [1.82, 2.24) is 15.1 Å². The molecule has 0 saturated carbocycles. The van der Waals surface area contributed by atoms with Crippen LogP contribution in [0.1, 0.15) is 30.5 Å². The predicted octanol–water partition coefficient (Wildman–Crippen LogP) is 4.85. The van der Waals surface area contributed by atoms with E-state index in [1.807, 2.05) is 35.4 Å². The highest BCUT2D eigenvalue weighted by Crippen LogP contribution is 2.46. The van der Waals surface area contributed by atoms with Gasteiger partial charge >= 0.3 is 0 Å². The molecule has 0 aromatic heterocycles. The van der Waals surface area contributed by atoms with E-state index in [0.717, 1.165) is 16.8 Å². The van der Waals surface area contributed by atoms with Crippen molar-refractivity contribution in [2.75, 3.05) is 14.1 Å². The van der Waals surface area contributed by atoms with Crippen molar-refractivity contribution < 1.29 is 14.0 Å². The van der Waals surface area contributed by atoms with Crippen LogP contribution >= 0.6 is 23.4 Å². The molecule has 0 bridgehead atoms. The highest BCUT2D eigenvalue weighted by molar-refractivity contribution is 8.16. The molecule has 2 heterocycles. The summed E-state index contributed by atoms with van der Waals surface area (Å²) in [4.78, 5) is 34.1. The first-order chi connectivity index (χ1) is 16.3. The second-order valence-electron chi connectivity index (χ2n) is 8.19. The number of fused-ring (bicyclic) bond motifs is 1. The van der Waals surface area contributed by atoms with Crippen molar-refractivity contribution >= 4 is 40.3 Å².